The molecule has 1 amide bonds. The van der Waals surface area contributed by atoms with E-state index in [1.54, 1.807) is 0 Å². The third-order valence-corrected chi connectivity index (χ3v) is 4.97. The van der Waals surface area contributed by atoms with Crippen molar-refractivity contribution in [3.8, 4) is 0 Å². The molecule has 1 rings (SSSR count). The molecule has 0 unspecified atom stereocenters. The molecule has 0 bridgehead atoms. The third-order valence-electron chi connectivity index (χ3n) is 4.97. The number of quaternary nitrogens is 1. The van der Waals surface area contributed by atoms with Crippen LogP contribution < -0.4 is 5.32 Å². The topological polar surface area (TPSA) is 29.1 Å². The van der Waals surface area contributed by atoms with Crippen LogP contribution >= 0.6 is 0 Å². The summed E-state index contributed by atoms with van der Waals surface area (Å²) in [6.07, 6.45) is 12.0. The number of carbonyl (C=O) groups excluding carboxylic acids is 1. The second-order valence-electron chi connectivity index (χ2n) is 8.23. The van der Waals surface area contributed by atoms with Crippen molar-refractivity contribution < 1.29 is 9.28 Å². The zero-order valence-corrected chi connectivity index (χ0v) is 17.4. The number of hydrogen-bond acceptors (Lipinski definition) is 1. The van der Waals surface area contributed by atoms with E-state index in [1.165, 1.54) is 50.5 Å². The van der Waals surface area contributed by atoms with Gasteiger partial charge in [0.05, 0.1) is 20.6 Å². The maximum Gasteiger partial charge on any atom is 0.219 e. The molecule has 148 valence electrons. The van der Waals surface area contributed by atoms with Gasteiger partial charge in [-0.1, -0.05) is 82.2 Å². The van der Waals surface area contributed by atoms with Crippen LogP contribution in [0.5, 0.6) is 0 Å². The van der Waals surface area contributed by atoms with E-state index in [0.717, 1.165) is 37.0 Å². The van der Waals surface area contributed by atoms with Gasteiger partial charge in [-0.25, -0.2) is 0 Å². The Morgan fingerprint density at radius 2 is 1.50 bits per heavy atom. The lowest BCUT2D eigenvalue weighted by Gasteiger charge is -2.30. The van der Waals surface area contributed by atoms with Gasteiger partial charge in [-0.15, -0.1) is 0 Å². The second kappa shape index (κ2) is 13.8. The third kappa shape index (κ3) is 12.1. The maximum absolute atomic E-state index is 11.9. The van der Waals surface area contributed by atoms with Gasteiger partial charge in [-0.2, -0.15) is 0 Å². The fourth-order valence-electron chi connectivity index (χ4n) is 3.40. The lowest BCUT2D eigenvalue weighted by Crippen LogP contribution is -2.41. The molecule has 0 aliphatic rings. The summed E-state index contributed by atoms with van der Waals surface area (Å²) >= 11 is 0. The number of amides is 1. The number of carbonyl (C=O) groups is 1. The van der Waals surface area contributed by atoms with Crippen LogP contribution in [-0.4, -0.2) is 37.6 Å². The standard InChI is InChI=1S/C23H40N2O/c1-4-5-6-7-8-9-10-14-18-23(26)24-19-15-20-25(2,3)21-22-16-12-11-13-17-22/h11-13,16-17H,4-10,14-15,18-21H2,1-3H3/p+1. The van der Waals surface area contributed by atoms with E-state index in [9.17, 15) is 4.79 Å². The van der Waals surface area contributed by atoms with Crippen molar-refractivity contribution in [3.63, 3.8) is 0 Å². The normalized spacial score (nSPS) is 11.5. The number of unbranched alkanes of at least 4 members (excludes halogenated alkanes) is 7. The predicted molar refractivity (Wildman–Crippen MR) is 112 cm³/mol. The van der Waals surface area contributed by atoms with E-state index < -0.39 is 0 Å². The Kier molecular flexibility index (Phi) is 12.0. The van der Waals surface area contributed by atoms with E-state index in [2.05, 4.69) is 56.7 Å². The molecule has 0 heterocycles. The Hall–Kier alpha value is -1.35. The molecule has 26 heavy (non-hydrogen) atoms. The highest BCUT2D eigenvalue weighted by molar-refractivity contribution is 5.75. The summed E-state index contributed by atoms with van der Waals surface area (Å²) in [5, 5.41) is 3.09. The minimum atomic E-state index is 0.226. The van der Waals surface area contributed by atoms with Crippen molar-refractivity contribution in [2.75, 3.05) is 27.2 Å². The largest absolute Gasteiger partial charge is 0.356 e. The number of rotatable bonds is 15. The van der Waals surface area contributed by atoms with Crippen molar-refractivity contribution in [2.45, 2.75) is 77.7 Å². The van der Waals surface area contributed by atoms with Crippen LogP contribution in [-0.2, 0) is 11.3 Å². The Balaban J connectivity index is 2.00. The lowest BCUT2D eigenvalue weighted by molar-refractivity contribution is -0.903. The first-order chi connectivity index (χ1) is 12.5. The molecular weight excluding hydrogens is 320 g/mol. The molecule has 0 saturated carbocycles. The Morgan fingerprint density at radius 3 is 2.15 bits per heavy atom. The van der Waals surface area contributed by atoms with Crippen LogP contribution in [0.4, 0.5) is 0 Å². The fourth-order valence-corrected chi connectivity index (χ4v) is 3.40. The smallest absolute Gasteiger partial charge is 0.219 e. The minimum Gasteiger partial charge on any atom is -0.356 e. The first-order valence-corrected chi connectivity index (χ1v) is 10.7. The fraction of sp³-hybridized carbons (Fsp3) is 0.696. The summed E-state index contributed by atoms with van der Waals surface area (Å²) < 4.78 is 0.956. The molecule has 0 saturated heterocycles. The van der Waals surface area contributed by atoms with Gasteiger partial charge in [0.2, 0.25) is 5.91 Å². The molecule has 0 aromatic heterocycles. The minimum absolute atomic E-state index is 0.226. The quantitative estimate of drug-likeness (QED) is 0.333. The summed E-state index contributed by atoms with van der Waals surface area (Å²) in [5.74, 6) is 0.226. The van der Waals surface area contributed by atoms with Gasteiger partial charge in [0.25, 0.3) is 0 Å². The van der Waals surface area contributed by atoms with Crippen molar-refractivity contribution in [3.05, 3.63) is 35.9 Å². The summed E-state index contributed by atoms with van der Waals surface area (Å²) in [6.45, 7) is 5.16. The van der Waals surface area contributed by atoms with Gasteiger partial charge in [-0.3, -0.25) is 4.79 Å². The molecule has 3 nitrogen and oxygen atoms in total. The molecule has 0 spiro atoms. The molecule has 0 fully saturated rings. The van der Waals surface area contributed by atoms with E-state index in [4.69, 9.17) is 0 Å². The molecule has 1 aromatic carbocycles. The lowest BCUT2D eigenvalue weighted by atomic mass is 10.1. The van der Waals surface area contributed by atoms with Crippen LogP contribution in [0.2, 0.25) is 0 Å². The van der Waals surface area contributed by atoms with E-state index in [-0.39, 0.29) is 5.91 Å². The van der Waals surface area contributed by atoms with E-state index in [0.29, 0.717) is 6.42 Å². The summed E-state index contributed by atoms with van der Waals surface area (Å²) in [4.78, 5) is 11.9. The molecule has 0 radical (unpaired) electrons. The average Bonchev–Trinajstić information content (AvgIpc) is 2.61. The van der Waals surface area contributed by atoms with Gasteiger partial charge in [-0.05, 0) is 6.42 Å². The van der Waals surface area contributed by atoms with Crippen molar-refractivity contribution >= 4 is 5.91 Å². The first-order valence-electron chi connectivity index (χ1n) is 10.7. The number of nitrogens with one attached hydrogen (secondary N) is 1. The van der Waals surface area contributed by atoms with Crippen LogP contribution in [0.1, 0.15) is 76.7 Å². The highest BCUT2D eigenvalue weighted by atomic mass is 16.1. The molecule has 1 N–H and O–H groups in total. The SMILES string of the molecule is CCCCCCCCCCC(=O)NCCC[N+](C)(C)Cc1ccccc1. The highest BCUT2D eigenvalue weighted by Crippen LogP contribution is 2.10. The predicted octanol–water partition coefficient (Wildman–Crippen LogP) is 5.30. The van der Waals surface area contributed by atoms with Gasteiger partial charge in [0, 0.05) is 24.9 Å². The Labute approximate surface area is 161 Å². The highest BCUT2D eigenvalue weighted by Gasteiger charge is 2.15. The number of hydrogen-bond donors (Lipinski definition) is 1. The summed E-state index contributed by atoms with van der Waals surface area (Å²) in [5.41, 5.74) is 1.37. The zero-order valence-electron chi connectivity index (χ0n) is 17.4. The van der Waals surface area contributed by atoms with Crippen molar-refractivity contribution in [1.82, 2.24) is 5.32 Å². The van der Waals surface area contributed by atoms with Crippen LogP contribution in [0, 0.1) is 0 Å². The van der Waals surface area contributed by atoms with Crippen molar-refractivity contribution in [2.24, 2.45) is 0 Å². The maximum atomic E-state index is 11.9. The molecular formula is C23H41N2O+. The molecule has 0 aliphatic heterocycles. The first kappa shape index (κ1) is 22.7. The average molecular weight is 362 g/mol. The molecule has 0 atom stereocenters. The van der Waals surface area contributed by atoms with Gasteiger partial charge in [0.15, 0.2) is 0 Å². The second-order valence-corrected chi connectivity index (χ2v) is 8.23. The van der Waals surface area contributed by atoms with Crippen LogP contribution in [0.3, 0.4) is 0 Å². The monoisotopic (exact) mass is 361 g/mol. The van der Waals surface area contributed by atoms with E-state index >= 15 is 0 Å². The van der Waals surface area contributed by atoms with Crippen LogP contribution in [0.15, 0.2) is 30.3 Å². The van der Waals surface area contributed by atoms with Crippen LogP contribution in [0.25, 0.3) is 0 Å². The Bertz CT molecular complexity index is 470. The molecule has 1 aromatic rings. The van der Waals surface area contributed by atoms with Gasteiger partial charge >= 0.3 is 0 Å². The number of benzene rings is 1. The molecule has 3 heteroatoms. The number of nitrogens with zero attached hydrogens (tertiary/aromatic N) is 1. The summed E-state index contributed by atoms with van der Waals surface area (Å²) in [7, 11) is 4.52. The zero-order chi connectivity index (χ0) is 19.1. The Morgan fingerprint density at radius 1 is 0.885 bits per heavy atom. The summed E-state index contributed by atoms with van der Waals surface area (Å²) in [6, 6.07) is 10.6. The molecule has 0 aliphatic carbocycles. The van der Waals surface area contributed by atoms with Crippen molar-refractivity contribution in [1.29, 1.82) is 0 Å². The van der Waals surface area contributed by atoms with Gasteiger partial charge < -0.3 is 9.80 Å². The van der Waals surface area contributed by atoms with Gasteiger partial charge in [0.1, 0.15) is 6.54 Å². The van der Waals surface area contributed by atoms with E-state index in [1.807, 2.05) is 0 Å².